The van der Waals surface area contributed by atoms with Gasteiger partial charge in [0.2, 0.25) is 0 Å². The van der Waals surface area contributed by atoms with Gasteiger partial charge >= 0.3 is 0 Å². The first-order valence-corrected chi connectivity index (χ1v) is 6.28. The van der Waals surface area contributed by atoms with Crippen molar-refractivity contribution in [1.82, 2.24) is 0 Å². The fourth-order valence-corrected chi connectivity index (χ4v) is 2.56. The SMILES string of the molecule is BrCC1(OC2CCC2)CCOCC1. The van der Waals surface area contributed by atoms with Gasteiger partial charge in [-0.1, -0.05) is 15.9 Å². The monoisotopic (exact) mass is 248 g/mol. The number of rotatable bonds is 3. The number of ether oxygens (including phenoxy) is 2. The third-order valence-corrected chi connectivity index (χ3v) is 4.14. The normalized spacial score (nSPS) is 28.4. The van der Waals surface area contributed by atoms with Crippen LogP contribution in [0.5, 0.6) is 0 Å². The zero-order valence-electron chi connectivity index (χ0n) is 7.93. The average Bonchev–Trinajstić information content (AvgIpc) is 2.13. The lowest BCUT2D eigenvalue weighted by molar-refractivity contribution is -0.148. The zero-order chi connectivity index (χ0) is 9.15. The molecule has 1 saturated heterocycles. The van der Waals surface area contributed by atoms with Crippen LogP contribution < -0.4 is 0 Å². The van der Waals surface area contributed by atoms with Gasteiger partial charge in [-0.15, -0.1) is 0 Å². The molecule has 0 radical (unpaired) electrons. The number of hydrogen-bond donors (Lipinski definition) is 0. The highest BCUT2D eigenvalue weighted by atomic mass is 79.9. The molecule has 0 unspecified atom stereocenters. The summed E-state index contributed by atoms with van der Waals surface area (Å²) in [6.07, 6.45) is 6.50. The fourth-order valence-electron chi connectivity index (χ4n) is 1.87. The summed E-state index contributed by atoms with van der Waals surface area (Å²) in [5.74, 6) is 0. The van der Waals surface area contributed by atoms with Gasteiger partial charge in [-0.25, -0.2) is 0 Å². The van der Waals surface area contributed by atoms with E-state index in [-0.39, 0.29) is 5.60 Å². The summed E-state index contributed by atoms with van der Waals surface area (Å²) >= 11 is 3.57. The molecule has 1 aliphatic carbocycles. The van der Waals surface area contributed by atoms with Crippen LogP contribution in [0.25, 0.3) is 0 Å². The molecule has 13 heavy (non-hydrogen) atoms. The number of halogens is 1. The molecule has 2 fully saturated rings. The van der Waals surface area contributed by atoms with Crippen LogP contribution >= 0.6 is 15.9 Å². The second-order valence-corrected chi connectivity index (χ2v) is 4.66. The van der Waals surface area contributed by atoms with Gasteiger partial charge < -0.3 is 9.47 Å². The van der Waals surface area contributed by atoms with Crippen molar-refractivity contribution >= 4 is 15.9 Å². The van der Waals surface area contributed by atoms with E-state index in [1.54, 1.807) is 0 Å². The standard InChI is InChI=1S/C10H17BrO2/c11-8-10(4-6-12-7-5-10)13-9-2-1-3-9/h9H,1-8H2. The Bertz CT molecular complexity index is 162. The van der Waals surface area contributed by atoms with Crippen LogP contribution in [0.1, 0.15) is 32.1 Å². The van der Waals surface area contributed by atoms with Crippen molar-refractivity contribution in [3.05, 3.63) is 0 Å². The lowest BCUT2D eigenvalue weighted by Gasteiger charge is -2.41. The van der Waals surface area contributed by atoms with Crippen LogP contribution in [0.4, 0.5) is 0 Å². The Morgan fingerprint density at radius 3 is 2.46 bits per heavy atom. The molecular weight excluding hydrogens is 232 g/mol. The highest BCUT2D eigenvalue weighted by molar-refractivity contribution is 9.09. The lowest BCUT2D eigenvalue weighted by atomic mass is 9.92. The summed E-state index contributed by atoms with van der Waals surface area (Å²) in [6, 6.07) is 0. The van der Waals surface area contributed by atoms with Crippen molar-refractivity contribution in [2.45, 2.75) is 43.8 Å². The van der Waals surface area contributed by atoms with Crippen LogP contribution in [0, 0.1) is 0 Å². The topological polar surface area (TPSA) is 18.5 Å². The number of alkyl halides is 1. The lowest BCUT2D eigenvalue weighted by Crippen LogP contribution is -2.45. The molecule has 76 valence electrons. The fraction of sp³-hybridized carbons (Fsp3) is 1.00. The predicted octanol–water partition coefficient (Wildman–Crippen LogP) is 2.50. The summed E-state index contributed by atoms with van der Waals surface area (Å²) in [6.45, 7) is 1.72. The molecule has 2 nitrogen and oxygen atoms in total. The Hall–Kier alpha value is 0.400. The summed E-state index contributed by atoms with van der Waals surface area (Å²) in [4.78, 5) is 0. The highest BCUT2D eigenvalue weighted by Crippen LogP contribution is 2.34. The molecule has 1 saturated carbocycles. The van der Waals surface area contributed by atoms with Crippen LogP contribution in [0.15, 0.2) is 0 Å². The molecule has 1 aliphatic heterocycles. The van der Waals surface area contributed by atoms with E-state index in [1.165, 1.54) is 19.3 Å². The Balaban J connectivity index is 1.88. The van der Waals surface area contributed by atoms with E-state index in [0.717, 1.165) is 31.4 Å². The van der Waals surface area contributed by atoms with Gasteiger partial charge in [0, 0.05) is 31.4 Å². The average molecular weight is 249 g/mol. The van der Waals surface area contributed by atoms with E-state index in [0.29, 0.717) is 6.10 Å². The smallest absolute Gasteiger partial charge is 0.0826 e. The molecule has 2 aliphatic rings. The van der Waals surface area contributed by atoms with E-state index in [9.17, 15) is 0 Å². The summed E-state index contributed by atoms with van der Waals surface area (Å²) in [5.41, 5.74) is 0.0866. The third-order valence-electron chi connectivity index (χ3n) is 3.12. The van der Waals surface area contributed by atoms with Crippen LogP contribution in [-0.4, -0.2) is 30.2 Å². The Labute approximate surface area is 88.1 Å². The van der Waals surface area contributed by atoms with Crippen molar-refractivity contribution in [2.75, 3.05) is 18.5 Å². The van der Waals surface area contributed by atoms with Crippen LogP contribution in [-0.2, 0) is 9.47 Å². The van der Waals surface area contributed by atoms with Gasteiger partial charge in [0.1, 0.15) is 0 Å². The first kappa shape index (κ1) is 9.94. The van der Waals surface area contributed by atoms with Crippen molar-refractivity contribution in [3.63, 3.8) is 0 Å². The second-order valence-electron chi connectivity index (χ2n) is 4.10. The Morgan fingerprint density at radius 2 is 2.00 bits per heavy atom. The van der Waals surface area contributed by atoms with E-state index >= 15 is 0 Å². The van der Waals surface area contributed by atoms with Crippen LogP contribution in [0.3, 0.4) is 0 Å². The van der Waals surface area contributed by atoms with Crippen molar-refractivity contribution in [1.29, 1.82) is 0 Å². The molecule has 0 aromatic carbocycles. The maximum absolute atomic E-state index is 6.14. The maximum Gasteiger partial charge on any atom is 0.0826 e. The second kappa shape index (κ2) is 4.28. The quantitative estimate of drug-likeness (QED) is 0.715. The van der Waals surface area contributed by atoms with E-state index in [4.69, 9.17) is 9.47 Å². The molecule has 0 N–H and O–H groups in total. The molecule has 0 aromatic rings. The first-order valence-electron chi connectivity index (χ1n) is 5.16. The van der Waals surface area contributed by atoms with Crippen molar-refractivity contribution in [3.8, 4) is 0 Å². The van der Waals surface area contributed by atoms with Gasteiger partial charge in [0.05, 0.1) is 11.7 Å². The summed E-state index contributed by atoms with van der Waals surface area (Å²) in [7, 11) is 0. The van der Waals surface area contributed by atoms with Gasteiger partial charge in [0.15, 0.2) is 0 Å². The minimum Gasteiger partial charge on any atom is -0.381 e. The van der Waals surface area contributed by atoms with Gasteiger partial charge in [-0.3, -0.25) is 0 Å². The minimum absolute atomic E-state index is 0.0866. The van der Waals surface area contributed by atoms with Gasteiger partial charge in [-0.05, 0) is 19.3 Å². The number of hydrogen-bond acceptors (Lipinski definition) is 2. The zero-order valence-corrected chi connectivity index (χ0v) is 9.51. The van der Waals surface area contributed by atoms with E-state index < -0.39 is 0 Å². The molecule has 2 rings (SSSR count). The van der Waals surface area contributed by atoms with E-state index in [2.05, 4.69) is 15.9 Å². The Kier molecular flexibility index (Phi) is 3.27. The molecule has 1 heterocycles. The predicted molar refractivity (Wildman–Crippen MR) is 55.3 cm³/mol. The van der Waals surface area contributed by atoms with Gasteiger partial charge in [0.25, 0.3) is 0 Å². The minimum atomic E-state index is 0.0866. The molecular formula is C10H17BrO2. The summed E-state index contributed by atoms with van der Waals surface area (Å²) in [5, 5.41) is 0.958. The molecule has 0 aromatic heterocycles. The maximum atomic E-state index is 6.14. The molecule has 0 atom stereocenters. The Morgan fingerprint density at radius 1 is 1.31 bits per heavy atom. The largest absolute Gasteiger partial charge is 0.381 e. The molecule has 0 bridgehead atoms. The summed E-state index contributed by atoms with van der Waals surface area (Å²) < 4.78 is 11.5. The third kappa shape index (κ3) is 2.25. The molecule has 0 amide bonds. The van der Waals surface area contributed by atoms with Crippen molar-refractivity contribution in [2.24, 2.45) is 0 Å². The van der Waals surface area contributed by atoms with E-state index in [1.807, 2.05) is 0 Å². The first-order chi connectivity index (χ1) is 6.35. The van der Waals surface area contributed by atoms with Crippen LogP contribution in [0.2, 0.25) is 0 Å². The van der Waals surface area contributed by atoms with Crippen molar-refractivity contribution < 1.29 is 9.47 Å². The van der Waals surface area contributed by atoms with Gasteiger partial charge in [-0.2, -0.15) is 0 Å². The molecule has 3 heteroatoms. The molecule has 0 spiro atoms. The highest BCUT2D eigenvalue weighted by Gasteiger charge is 2.36.